The SMILES string of the molecule is CC(C)COc1ccccc1NC(=O)CCC(=O)O. The molecule has 1 aromatic carbocycles. The second kappa shape index (κ2) is 7.41. The molecule has 104 valence electrons. The van der Waals surface area contributed by atoms with Gasteiger partial charge >= 0.3 is 5.97 Å². The quantitative estimate of drug-likeness (QED) is 0.794. The zero-order chi connectivity index (χ0) is 14.3. The molecule has 0 saturated carbocycles. The maximum absolute atomic E-state index is 11.6. The van der Waals surface area contributed by atoms with E-state index in [1.165, 1.54) is 0 Å². The number of para-hydroxylation sites is 2. The van der Waals surface area contributed by atoms with Crippen molar-refractivity contribution < 1.29 is 19.4 Å². The number of aliphatic carboxylic acids is 1. The Hall–Kier alpha value is -2.04. The summed E-state index contributed by atoms with van der Waals surface area (Å²) in [5, 5.41) is 11.2. The Morgan fingerprint density at radius 1 is 1.26 bits per heavy atom. The fourth-order valence-corrected chi connectivity index (χ4v) is 1.39. The second-order valence-corrected chi connectivity index (χ2v) is 4.64. The van der Waals surface area contributed by atoms with Gasteiger partial charge in [0.2, 0.25) is 5.91 Å². The first-order valence-corrected chi connectivity index (χ1v) is 6.22. The second-order valence-electron chi connectivity index (χ2n) is 4.64. The molecule has 0 aliphatic heterocycles. The Kier molecular flexibility index (Phi) is 5.85. The molecule has 0 aromatic heterocycles. The number of rotatable bonds is 7. The van der Waals surface area contributed by atoms with Crippen molar-refractivity contribution in [3.05, 3.63) is 24.3 Å². The van der Waals surface area contributed by atoms with Crippen molar-refractivity contribution in [3.8, 4) is 5.75 Å². The van der Waals surface area contributed by atoms with E-state index in [4.69, 9.17) is 9.84 Å². The lowest BCUT2D eigenvalue weighted by Gasteiger charge is -2.13. The third kappa shape index (κ3) is 5.90. The third-order valence-corrected chi connectivity index (χ3v) is 2.30. The number of benzene rings is 1. The van der Waals surface area contributed by atoms with Gasteiger partial charge in [0.05, 0.1) is 18.7 Å². The van der Waals surface area contributed by atoms with E-state index < -0.39 is 5.97 Å². The van der Waals surface area contributed by atoms with Gasteiger partial charge in [0.15, 0.2) is 0 Å². The fourth-order valence-electron chi connectivity index (χ4n) is 1.39. The lowest BCUT2D eigenvalue weighted by atomic mass is 10.2. The molecule has 0 aliphatic rings. The molecule has 5 nitrogen and oxygen atoms in total. The number of nitrogens with one attached hydrogen (secondary N) is 1. The average molecular weight is 265 g/mol. The topological polar surface area (TPSA) is 75.6 Å². The van der Waals surface area contributed by atoms with Crippen LogP contribution in [0.5, 0.6) is 5.75 Å². The molecule has 0 heterocycles. The Balaban J connectivity index is 2.61. The van der Waals surface area contributed by atoms with Gasteiger partial charge in [0.1, 0.15) is 5.75 Å². The highest BCUT2D eigenvalue weighted by Crippen LogP contribution is 2.24. The van der Waals surface area contributed by atoms with Gasteiger partial charge in [-0.15, -0.1) is 0 Å². The first kappa shape index (κ1) is 15.0. The molecule has 1 aromatic rings. The number of carbonyl (C=O) groups is 2. The van der Waals surface area contributed by atoms with Crippen LogP contribution in [0.15, 0.2) is 24.3 Å². The Morgan fingerprint density at radius 3 is 2.58 bits per heavy atom. The fraction of sp³-hybridized carbons (Fsp3) is 0.429. The van der Waals surface area contributed by atoms with E-state index in [1.807, 2.05) is 19.9 Å². The van der Waals surface area contributed by atoms with E-state index >= 15 is 0 Å². The highest BCUT2D eigenvalue weighted by molar-refractivity contribution is 5.93. The molecule has 0 spiro atoms. The van der Waals surface area contributed by atoms with Crippen LogP contribution in [0.25, 0.3) is 0 Å². The maximum Gasteiger partial charge on any atom is 0.303 e. The number of hydrogen-bond acceptors (Lipinski definition) is 3. The Labute approximate surface area is 112 Å². The number of amides is 1. The molecule has 0 unspecified atom stereocenters. The average Bonchev–Trinajstić information content (AvgIpc) is 2.35. The van der Waals surface area contributed by atoms with Crippen LogP contribution in [-0.2, 0) is 9.59 Å². The zero-order valence-electron chi connectivity index (χ0n) is 11.2. The molecule has 5 heteroatoms. The normalized spacial score (nSPS) is 10.3. The van der Waals surface area contributed by atoms with E-state index in [0.717, 1.165) is 0 Å². The number of ether oxygens (including phenoxy) is 1. The maximum atomic E-state index is 11.6. The molecule has 0 atom stereocenters. The molecule has 1 amide bonds. The van der Waals surface area contributed by atoms with Crippen molar-refractivity contribution >= 4 is 17.6 Å². The monoisotopic (exact) mass is 265 g/mol. The third-order valence-electron chi connectivity index (χ3n) is 2.30. The molecule has 19 heavy (non-hydrogen) atoms. The van der Waals surface area contributed by atoms with E-state index in [2.05, 4.69) is 5.32 Å². The van der Waals surface area contributed by atoms with Crippen molar-refractivity contribution in [2.75, 3.05) is 11.9 Å². The van der Waals surface area contributed by atoms with Gasteiger partial charge in [0.25, 0.3) is 0 Å². The minimum absolute atomic E-state index is 0.0478. The minimum Gasteiger partial charge on any atom is -0.491 e. The predicted molar refractivity (Wildman–Crippen MR) is 72.3 cm³/mol. The summed E-state index contributed by atoms with van der Waals surface area (Å²) in [5.41, 5.74) is 0.568. The Morgan fingerprint density at radius 2 is 1.95 bits per heavy atom. The molecule has 0 saturated heterocycles. The summed E-state index contributed by atoms with van der Waals surface area (Å²) in [5.74, 6) is -0.335. The molecule has 0 radical (unpaired) electrons. The predicted octanol–water partition coefficient (Wildman–Crippen LogP) is 2.52. The van der Waals surface area contributed by atoms with E-state index in [0.29, 0.717) is 24.0 Å². The number of carboxylic acids is 1. The van der Waals surface area contributed by atoms with Crippen molar-refractivity contribution in [1.29, 1.82) is 0 Å². The van der Waals surface area contributed by atoms with Gasteiger partial charge in [-0.25, -0.2) is 0 Å². The lowest BCUT2D eigenvalue weighted by molar-refractivity contribution is -0.138. The van der Waals surface area contributed by atoms with Crippen molar-refractivity contribution in [2.24, 2.45) is 5.92 Å². The van der Waals surface area contributed by atoms with Crippen LogP contribution < -0.4 is 10.1 Å². The highest BCUT2D eigenvalue weighted by Gasteiger charge is 2.09. The molecule has 1 rings (SSSR count). The molecule has 0 fully saturated rings. The van der Waals surface area contributed by atoms with Gasteiger partial charge in [-0.05, 0) is 18.1 Å². The molecular formula is C14H19NO4. The summed E-state index contributed by atoms with van der Waals surface area (Å²) in [6.07, 6.45) is -0.227. The van der Waals surface area contributed by atoms with E-state index in [1.54, 1.807) is 18.2 Å². The van der Waals surface area contributed by atoms with Crippen LogP contribution in [0.2, 0.25) is 0 Å². The lowest BCUT2D eigenvalue weighted by Crippen LogP contribution is -2.14. The van der Waals surface area contributed by atoms with Crippen molar-refractivity contribution in [3.63, 3.8) is 0 Å². The molecule has 0 aliphatic carbocycles. The molecular weight excluding hydrogens is 246 g/mol. The van der Waals surface area contributed by atoms with E-state index in [-0.39, 0.29) is 18.7 Å². The highest BCUT2D eigenvalue weighted by atomic mass is 16.5. The largest absolute Gasteiger partial charge is 0.491 e. The molecule has 0 bridgehead atoms. The van der Waals surface area contributed by atoms with Crippen molar-refractivity contribution in [1.82, 2.24) is 0 Å². The van der Waals surface area contributed by atoms with Crippen LogP contribution in [-0.4, -0.2) is 23.6 Å². The van der Waals surface area contributed by atoms with Gasteiger partial charge in [0, 0.05) is 6.42 Å². The number of carboxylic acid groups (broad SMARTS) is 1. The summed E-state index contributed by atoms with van der Waals surface area (Å²) >= 11 is 0. The van der Waals surface area contributed by atoms with Crippen LogP contribution in [0, 0.1) is 5.92 Å². The standard InChI is InChI=1S/C14H19NO4/c1-10(2)9-19-12-6-4-3-5-11(12)15-13(16)7-8-14(17)18/h3-6,10H,7-9H2,1-2H3,(H,15,16)(H,17,18). The number of hydrogen-bond donors (Lipinski definition) is 2. The number of anilines is 1. The van der Waals surface area contributed by atoms with Gasteiger partial charge in [-0.2, -0.15) is 0 Å². The van der Waals surface area contributed by atoms with Crippen LogP contribution in [0.3, 0.4) is 0 Å². The summed E-state index contributed by atoms with van der Waals surface area (Å²) in [6.45, 7) is 4.63. The summed E-state index contributed by atoms with van der Waals surface area (Å²) in [6, 6.07) is 7.11. The van der Waals surface area contributed by atoms with Crippen molar-refractivity contribution in [2.45, 2.75) is 26.7 Å². The smallest absolute Gasteiger partial charge is 0.303 e. The van der Waals surface area contributed by atoms with Gasteiger partial charge < -0.3 is 15.2 Å². The first-order valence-electron chi connectivity index (χ1n) is 6.22. The summed E-state index contributed by atoms with van der Waals surface area (Å²) in [4.78, 5) is 22.0. The molecule has 2 N–H and O–H groups in total. The number of carbonyl (C=O) groups excluding carboxylic acids is 1. The van der Waals surface area contributed by atoms with Crippen LogP contribution >= 0.6 is 0 Å². The van der Waals surface area contributed by atoms with Gasteiger partial charge in [-0.3, -0.25) is 9.59 Å². The summed E-state index contributed by atoms with van der Waals surface area (Å²) < 4.78 is 5.59. The van der Waals surface area contributed by atoms with Crippen LogP contribution in [0.4, 0.5) is 5.69 Å². The Bertz CT molecular complexity index is 443. The van der Waals surface area contributed by atoms with Gasteiger partial charge in [-0.1, -0.05) is 26.0 Å². The minimum atomic E-state index is -0.987. The summed E-state index contributed by atoms with van der Waals surface area (Å²) in [7, 11) is 0. The first-order chi connectivity index (χ1) is 8.99. The van der Waals surface area contributed by atoms with Crippen LogP contribution in [0.1, 0.15) is 26.7 Å². The zero-order valence-corrected chi connectivity index (χ0v) is 11.2. The van der Waals surface area contributed by atoms with E-state index in [9.17, 15) is 9.59 Å².